The number of H-pyrrole nitrogens is 1. The first-order valence-electron chi connectivity index (χ1n) is 4.73. The lowest BCUT2D eigenvalue weighted by Crippen LogP contribution is -2.16. The Hall–Kier alpha value is -1.32. The van der Waals surface area contributed by atoms with E-state index in [9.17, 15) is 0 Å². The fraction of sp³-hybridized carbons (Fsp3) is 0.273. The standard InChI is InChI=1S/C11H14N2O/c12-6-9(7-14)11-5-8-3-1-2-4-10(8)13-11/h1-5,9,13-14H,6-7,12H2. The Morgan fingerprint density at radius 2 is 2.14 bits per heavy atom. The Kier molecular flexibility index (Phi) is 2.52. The zero-order chi connectivity index (χ0) is 9.97. The summed E-state index contributed by atoms with van der Waals surface area (Å²) in [6.45, 7) is 0.548. The minimum absolute atomic E-state index is 0.0161. The van der Waals surface area contributed by atoms with E-state index in [1.54, 1.807) is 0 Å². The summed E-state index contributed by atoms with van der Waals surface area (Å²) in [7, 11) is 0. The normalized spacial score (nSPS) is 13.3. The van der Waals surface area contributed by atoms with Gasteiger partial charge in [0.15, 0.2) is 0 Å². The molecule has 1 aromatic carbocycles. The minimum Gasteiger partial charge on any atom is -0.396 e. The van der Waals surface area contributed by atoms with Gasteiger partial charge in [0.05, 0.1) is 6.61 Å². The van der Waals surface area contributed by atoms with E-state index in [1.807, 2.05) is 30.3 Å². The number of para-hydroxylation sites is 1. The molecule has 0 fully saturated rings. The number of nitrogens with one attached hydrogen (secondary N) is 1. The summed E-state index contributed by atoms with van der Waals surface area (Å²) in [6, 6.07) is 10.1. The number of hydrogen-bond donors (Lipinski definition) is 3. The molecule has 14 heavy (non-hydrogen) atoms. The maximum Gasteiger partial charge on any atom is 0.0526 e. The average Bonchev–Trinajstić information content (AvgIpc) is 2.63. The molecule has 4 N–H and O–H groups in total. The van der Waals surface area contributed by atoms with E-state index in [1.165, 1.54) is 0 Å². The molecule has 1 unspecified atom stereocenters. The molecule has 0 radical (unpaired) electrons. The molecular weight excluding hydrogens is 176 g/mol. The third-order valence-corrected chi connectivity index (χ3v) is 2.50. The lowest BCUT2D eigenvalue weighted by atomic mass is 10.1. The van der Waals surface area contributed by atoms with E-state index in [4.69, 9.17) is 10.8 Å². The summed E-state index contributed by atoms with van der Waals surface area (Å²) in [5, 5.41) is 10.3. The van der Waals surface area contributed by atoms with Gasteiger partial charge in [-0.25, -0.2) is 0 Å². The summed E-state index contributed by atoms with van der Waals surface area (Å²) in [5.41, 5.74) is 7.66. The summed E-state index contributed by atoms with van der Waals surface area (Å²) < 4.78 is 0. The van der Waals surface area contributed by atoms with Crippen molar-refractivity contribution in [3.05, 3.63) is 36.0 Å². The van der Waals surface area contributed by atoms with Crippen molar-refractivity contribution in [2.75, 3.05) is 13.2 Å². The SMILES string of the molecule is NCC(CO)c1cc2ccccc2[nH]1. The number of aromatic amines is 1. The van der Waals surface area contributed by atoms with Crippen molar-refractivity contribution in [2.24, 2.45) is 5.73 Å². The van der Waals surface area contributed by atoms with Crippen molar-refractivity contribution in [1.82, 2.24) is 4.98 Å². The van der Waals surface area contributed by atoms with E-state index in [0.29, 0.717) is 6.54 Å². The fourth-order valence-corrected chi connectivity index (χ4v) is 1.62. The molecule has 0 aliphatic heterocycles. The molecular formula is C11H14N2O. The Labute approximate surface area is 82.6 Å². The van der Waals surface area contributed by atoms with Gasteiger partial charge < -0.3 is 15.8 Å². The molecule has 0 aliphatic carbocycles. The van der Waals surface area contributed by atoms with Gasteiger partial charge >= 0.3 is 0 Å². The second-order valence-electron chi connectivity index (χ2n) is 3.43. The maximum absolute atomic E-state index is 9.10. The van der Waals surface area contributed by atoms with Gasteiger partial charge in [-0.15, -0.1) is 0 Å². The first-order chi connectivity index (χ1) is 6.85. The number of aromatic nitrogens is 1. The van der Waals surface area contributed by atoms with Crippen molar-refractivity contribution in [3.8, 4) is 0 Å². The molecule has 1 atom stereocenters. The van der Waals surface area contributed by atoms with Crippen LogP contribution in [0.1, 0.15) is 11.6 Å². The number of fused-ring (bicyclic) bond motifs is 1. The number of benzene rings is 1. The number of nitrogens with two attached hydrogens (primary N) is 1. The third-order valence-electron chi connectivity index (χ3n) is 2.50. The van der Waals surface area contributed by atoms with E-state index >= 15 is 0 Å². The fourth-order valence-electron chi connectivity index (χ4n) is 1.62. The molecule has 2 rings (SSSR count). The highest BCUT2D eigenvalue weighted by atomic mass is 16.3. The highest BCUT2D eigenvalue weighted by molar-refractivity contribution is 5.80. The number of aliphatic hydroxyl groups is 1. The highest BCUT2D eigenvalue weighted by Gasteiger charge is 2.10. The lowest BCUT2D eigenvalue weighted by Gasteiger charge is -2.07. The second-order valence-corrected chi connectivity index (χ2v) is 3.43. The van der Waals surface area contributed by atoms with Crippen molar-refractivity contribution >= 4 is 10.9 Å². The molecule has 3 heteroatoms. The molecule has 0 amide bonds. The van der Waals surface area contributed by atoms with Crippen LogP contribution < -0.4 is 5.73 Å². The van der Waals surface area contributed by atoms with Crippen LogP contribution in [0.4, 0.5) is 0 Å². The molecule has 0 aliphatic rings. The number of rotatable bonds is 3. The average molecular weight is 190 g/mol. The van der Waals surface area contributed by atoms with Crippen molar-refractivity contribution in [2.45, 2.75) is 5.92 Å². The zero-order valence-electron chi connectivity index (χ0n) is 7.90. The smallest absolute Gasteiger partial charge is 0.0526 e. The van der Waals surface area contributed by atoms with Gasteiger partial charge in [-0.1, -0.05) is 18.2 Å². The summed E-state index contributed by atoms with van der Waals surface area (Å²) in [4.78, 5) is 3.26. The number of hydrogen-bond acceptors (Lipinski definition) is 2. The Bertz CT molecular complexity index is 385. The van der Waals surface area contributed by atoms with Crippen LogP contribution in [-0.4, -0.2) is 23.2 Å². The first kappa shape index (κ1) is 9.24. The lowest BCUT2D eigenvalue weighted by molar-refractivity contribution is 0.266. The van der Waals surface area contributed by atoms with E-state index in [2.05, 4.69) is 4.98 Å². The molecule has 0 saturated heterocycles. The van der Waals surface area contributed by atoms with Crippen molar-refractivity contribution < 1.29 is 5.11 Å². The molecule has 1 heterocycles. The molecule has 0 spiro atoms. The van der Waals surface area contributed by atoms with Crippen LogP contribution in [0.5, 0.6) is 0 Å². The second kappa shape index (κ2) is 3.82. The molecule has 2 aromatic rings. The maximum atomic E-state index is 9.10. The van der Waals surface area contributed by atoms with Crippen molar-refractivity contribution in [3.63, 3.8) is 0 Å². The van der Waals surface area contributed by atoms with Gasteiger partial charge in [0.25, 0.3) is 0 Å². The highest BCUT2D eigenvalue weighted by Crippen LogP contribution is 2.20. The quantitative estimate of drug-likeness (QED) is 0.681. The van der Waals surface area contributed by atoms with Gasteiger partial charge in [0.1, 0.15) is 0 Å². The van der Waals surface area contributed by atoms with E-state index in [-0.39, 0.29) is 12.5 Å². The van der Waals surface area contributed by atoms with Gasteiger partial charge in [0.2, 0.25) is 0 Å². The van der Waals surface area contributed by atoms with E-state index < -0.39 is 0 Å². The summed E-state index contributed by atoms with van der Waals surface area (Å²) >= 11 is 0. The minimum atomic E-state index is 0.0161. The van der Waals surface area contributed by atoms with Crippen LogP contribution in [0.3, 0.4) is 0 Å². The predicted octanol–water partition coefficient (Wildman–Crippen LogP) is 1.20. The predicted molar refractivity (Wildman–Crippen MR) is 57.2 cm³/mol. The van der Waals surface area contributed by atoms with Crippen molar-refractivity contribution in [1.29, 1.82) is 0 Å². The largest absolute Gasteiger partial charge is 0.396 e. The Morgan fingerprint density at radius 1 is 1.36 bits per heavy atom. The third kappa shape index (κ3) is 1.52. The van der Waals surface area contributed by atoms with Crippen LogP contribution in [0, 0.1) is 0 Å². The van der Waals surface area contributed by atoms with Crippen LogP contribution >= 0.6 is 0 Å². The van der Waals surface area contributed by atoms with Gasteiger partial charge in [-0.3, -0.25) is 0 Å². The number of aliphatic hydroxyl groups excluding tert-OH is 1. The Balaban J connectivity index is 2.43. The zero-order valence-corrected chi connectivity index (χ0v) is 7.90. The Morgan fingerprint density at radius 3 is 2.79 bits per heavy atom. The topological polar surface area (TPSA) is 62.0 Å². The molecule has 0 bridgehead atoms. The molecule has 0 saturated carbocycles. The van der Waals surface area contributed by atoms with Crippen LogP contribution in [-0.2, 0) is 0 Å². The van der Waals surface area contributed by atoms with Gasteiger partial charge in [0, 0.05) is 23.7 Å². The summed E-state index contributed by atoms with van der Waals surface area (Å²) in [6.07, 6.45) is 0. The van der Waals surface area contributed by atoms with Crippen LogP contribution in [0.2, 0.25) is 0 Å². The van der Waals surface area contributed by atoms with Gasteiger partial charge in [-0.2, -0.15) is 0 Å². The molecule has 74 valence electrons. The van der Waals surface area contributed by atoms with Crippen LogP contribution in [0.15, 0.2) is 30.3 Å². The summed E-state index contributed by atoms with van der Waals surface area (Å²) in [5.74, 6) is 0.0161. The van der Waals surface area contributed by atoms with Gasteiger partial charge in [-0.05, 0) is 17.5 Å². The monoisotopic (exact) mass is 190 g/mol. The first-order valence-corrected chi connectivity index (χ1v) is 4.73. The molecule has 1 aromatic heterocycles. The molecule has 3 nitrogen and oxygen atoms in total. The van der Waals surface area contributed by atoms with E-state index in [0.717, 1.165) is 16.6 Å². The van der Waals surface area contributed by atoms with Crippen LogP contribution in [0.25, 0.3) is 10.9 Å².